The third-order valence-electron chi connectivity index (χ3n) is 3.70. The van der Waals surface area contributed by atoms with Crippen molar-refractivity contribution >= 4 is 17.5 Å². The molecule has 2 aromatic carbocycles. The van der Waals surface area contributed by atoms with Crippen LogP contribution in [0, 0.1) is 11.6 Å². The Labute approximate surface area is 131 Å². The van der Waals surface area contributed by atoms with Crippen LogP contribution in [-0.2, 0) is 4.79 Å². The van der Waals surface area contributed by atoms with Crippen LogP contribution in [0.1, 0.15) is 16.8 Å². The number of rotatable bonds is 3. The molecule has 2 aromatic rings. The average Bonchev–Trinajstić information content (AvgIpc) is 2.88. The van der Waals surface area contributed by atoms with Crippen molar-refractivity contribution in [1.29, 1.82) is 0 Å². The highest BCUT2D eigenvalue weighted by Crippen LogP contribution is 2.22. The summed E-state index contributed by atoms with van der Waals surface area (Å²) in [6.45, 7) is 0.225. The van der Waals surface area contributed by atoms with Crippen molar-refractivity contribution in [2.24, 2.45) is 0 Å². The molecule has 1 aliphatic heterocycles. The number of hydrogen-bond acceptors (Lipinski definition) is 2. The molecule has 23 heavy (non-hydrogen) atoms. The lowest BCUT2D eigenvalue weighted by Gasteiger charge is -2.17. The molecular formula is C17H14F2N2O2. The Hall–Kier alpha value is -2.76. The quantitative estimate of drug-likeness (QED) is 0.946. The third kappa shape index (κ3) is 3.21. The molecule has 3 rings (SSSR count). The van der Waals surface area contributed by atoms with E-state index in [0.717, 1.165) is 0 Å². The second-order valence-corrected chi connectivity index (χ2v) is 5.34. The van der Waals surface area contributed by atoms with Crippen LogP contribution in [0.4, 0.5) is 14.5 Å². The number of anilines is 1. The lowest BCUT2D eigenvalue weighted by Crippen LogP contribution is -2.37. The van der Waals surface area contributed by atoms with E-state index in [4.69, 9.17) is 0 Å². The van der Waals surface area contributed by atoms with Crippen LogP contribution < -0.4 is 10.2 Å². The average molecular weight is 316 g/mol. The monoisotopic (exact) mass is 316 g/mol. The minimum absolute atomic E-state index is 0.0656. The number of nitrogens with zero attached hydrogens (tertiary/aromatic N) is 1. The van der Waals surface area contributed by atoms with Gasteiger partial charge in [0.05, 0.1) is 11.6 Å². The van der Waals surface area contributed by atoms with Gasteiger partial charge in [0.1, 0.15) is 11.6 Å². The predicted molar refractivity (Wildman–Crippen MR) is 81.0 cm³/mol. The first kappa shape index (κ1) is 15.1. The van der Waals surface area contributed by atoms with Crippen molar-refractivity contribution in [3.8, 4) is 0 Å². The fourth-order valence-corrected chi connectivity index (χ4v) is 2.61. The molecule has 2 amide bonds. The van der Waals surface area contributed by atoms with Gasteiger partial charge >= 0.3 is 0 Å². The number of hydrogen-bond donors (Lipinski definition) is 1. The summed E-state index contributed by atoms with van der Waals surface area (Å²) in [5, 5.41) is 2.65. The van der Waals surface area contributed by atoms with E-state index in [1.165, 1.54) is 41.3 Å². The third-order valence-corrected chi connectivity index (χ3v) is 3.70. The van der Waals surface area contributed by atoms with Gasteiger partial charge in [0.2, 0.25) is 5.91 Å². The summed E-state index contributed by atoms with van der Waals surface area (Å²) >= 11 is 0. The number of benzene rings is 2. The van der Waals surface area contributed by atoms with Crippen LogP contribution in [0.15, 0.2) is 48.5 Å². The lowest BCUT2D eigenvalue weighted by molar-refractivity contribution is -0.117. The highest BCUT2D eigenvalue weighted by Gasteiger charge is 2.32. The smallest absolute Gasteiger partial charge is 0.254 e. The summed E-state index contributed by atoms with van der Waals surface area (Å²) in [6.07, 6.45) is 0.0940. The molecule has 0 unspecified atom stereocenters. The molecule has 1 aliphatic rings. The van der Waals surface area contributed by atoms with E-state index >= 15 is 0 Å². The standard InChI is InChI=1S/C17H14F2N2O2/c18-11-4-3-5-13(8-11)21-10-12(9-16(21)22)20-17(23)14-6-1-2-7-15(14)19/h1-8,12H,9-10H2,(H,20,23)/t12-/m1/s1. The molecule has 0 aromatic heterocycles. The molecule has 1 heterocycles. The zero-order valence-electron chi connectivity index (χ0n) is 12.1. The van der Waals surface area contributed by atoms with Crippen LogP contribution in [-0.4, -0.2) is 24.4 Å². The van der Waals surface area contributed by atoms with Crippen LogP contribution in [0.2, 0.25) is 0 Å². The Morgan fingerprint density at radius 2 is 1.91 bits per heavy atom. The van der Waals surface area contributed by atoms with Crippen molar-refractivity contribution in [2.75, 3.05) is 11.4 Å². The second-order valence-electron chi connectivity index (χ2n) is 5.34. The number of amides is 2. The van der Waals surface area contributed by atoms with Gasteiger partial charge in [-0.25, -0.2) is 8.78 Å². The van der Waals surface area contributed by atoms with E-state index in [2.05, 4.69) is 5.32 Å². The van der Waals surface area contributed by atoms with E-state index in [0.29, 0.717) is 5.69 Å². The zero-order valence-corrected chi connectivity index (χ0v) is 12.1. The summed E-state index contributed by atoms with van der Waals surface area (Å²) in [7, 11) is 0. The fraction of sp³-hybridized carbons (Fsp3) is 0.176. The van der Waals surface area contributed by atoms with E-state index < -0.39 is 23.6 Å². The van der Waals surface area contributed by atoms with Gasteiger partial charge in [0.25, 0.3) is 5.91 Å². The topological polar surface area (TPSA) is 49.4 Å². The fourth-order valence-electron chi connectivity index (χ4n) is 2.61. The molecule has 0 spiro atoms. The minimum Gasteiger partial charge on any atom is -0.347 e. The maximum absolute atomic E-state index is 13.6. The number of carbonyl (C=O) groups is 2. The van der Waals surface area contributed by atoms with Crippen molar-refractivity contribution in [1.82, 2.24) is 5.32 Å². The van der Waals surface area contributed by atoms with Crippen LogP contribution in [0.3, 0.4) is 0 Å². The van der Waals surface area contributed by atoms with Gasteiger partial charge in [-0.15, -0.1) is 0 Å². The lowest BCUT2D eigenvalue weighted by atomic mass is 10.1. The van der Waals surface area contributed by atoms with E-state index in [9.17, 15) is 18.4 Å². The Morgan fingerprint density at radius 1 is 1.13 bits per heavy atom. The first-order chi connectivity index (χ1) is 11.0. The largest absolute Gasteiger partial charge is 0.347 e. The maximum Gasteiger partial charge on any atom is 0.254 e. The molecule has 1 atom stereocenters. The Bertz CT molecular complexity index is 764. The van der Waals surface area contributed by atoms with Crippen molar-refractivity contribution < 1.29 is 18.4 Å². The van der Waals surface area contributed by atoms with Crippen LogP contribution in [0.25, 0.3) is 0 Å². The molecule has 6 heteroatoms. The predicted octanol–water partition coefficient (Wildman–Crippen LogP) is 2.50. The molecular weight excluding hydrogens is 302 g/mol. The van der Waals surface area contributed by atoms with Gasteiger partial charge in [-0.3, -0.25) is 9.59 Å². The van der Waals surface area contributed by atoms with E-state index in [1.54, 1.807) is 12.1 Å². The molecule has 1 fully saturated rings. The maximum atomic E-state index is 13.6. The normalized spacial score (nSPS) is 17.4. The molecule has 0 aliphatic carbocycles. The molecule has 0 saturated carbocycles. The molecule has 1 N–H and O–H groups in total. The Kier molecular flexibility index (Phi) is 4.06. The molecule has 118 valence electrons. The summed E-state index contributed by atoms with van der Waals surface area (Å²) in [4.78, 5) is 25.6. The van der Waals surface area contributed by atoms with Gasteiger partial charge in [-0.05, 0) is 30.3 Å². The van der Waals surface area contributed by atoms with Gasteiger partial charge in [-0.2, -0.15) is 0 Å². The number of nitrogens with one attached hydrogen (secondary N) is 1. The van der Waals surface area contributed by atoms with Gasteiger partial charge in [-0.1, -0.05) is 18.2 Å². The summed E-state index contributed by atoms with van der Waals surface area (Å²) in [5.41, 5.74) is 0.377. The number of halogens is 2. The summed E-state index contributed by atoms with van der Waals surface area (Å²) in [6, 6.07) is 10.9. The van der Waals surface area contributed by atoms with E-state index in [1.807, 2.05) is 0 Å². The highest BCUT2D eigenvalue weighted by molar-refractivity contribution is 5.99. The van der Waals surface area contributed by atoms with Gasteiger partial charge in [0, 0.05) is 18.7 Å². The molecule has 4 nitrogen and oxygen atoms in total. The van der Waals surface area contributed by atoms with Gasteiger partial charge in [0.15, 0.2) is 0 Å². The number of carbonyl (C=O) groups excluding carboxylic acids is 2. The second kappa shape index (κ2) is 6.16. The first-order valence-electron chi connectivity index (χ1n) is 7.16. The Morgan fingerprint density at radius 3 is 2.65 bits per heavy atom. The Balaban J connectivity index is 1.71. The van der Waals surface area contributed by atoms with E-state index in [-0.39, 0.29) is 24.4 Å². The molecule has 0 radical (unpaired) electrons. The highest BCUT2D eigenvalue weighted by atomic mass is 19.1. The van der Waals surface area contributed by atoms with Crippen molar-refractivity contribution in [3.05, 3.63) is 65.7 Å². The van der Waals surface area contributed by atoms with Crippen LogP contribution in [0.5, 0.6) is 0 Å². The molecule has 0 bridgehead atoms. The van der Waals surface area contributed by atoms with Crippen molar-refractivity contribution in [3.63, 3.8) is 0 Å². The molecule has 1 saturated heterocycles. The minimum atomic E-state index is -0.615. The van der Waals surface area contributed by atoms with Crippen molar-refractivity contribution in [2.45, 2.75) is 12.5 Å². The summed E-state index contributed by atoms with van der Waals surface area (Å²) in [5.74, 6) is -1.83. The SMILES string of the molecule is O=C(N[C@@H]1CC(=O)N(c2cccc(F)c2)C1)c1ccccc1F. The first-order valence-corrected chi connectivity index (χ1v) is 7.16. The van der Waals surface area contributed by atoms with Crippen LogP contribution >= 0.6 is 0 Å². The summed E-state index contributed by atoms with van der Waals surface area (Å²) < 4.78 is 26.9. The van der Waals surface area contributed by atoms with Gasteiger partial charge < -0.3 is 10.2 Å². The zero-order chi connectivity index (χ0) is 16.4.